The van der Waals surface area contributed by atoms with E-state index >= 15 is 0 Å². The highest BCUT2D eigenvalue weighted by Crippen LogP contribution is 2.20. The molecule has 1 saturated heterocycles. The SMILES string of the molecule is C/C=C/N1C(=O)CC[C@H]1COC(CC)OCC. The summed E-state index contributed by atoms with van der Waals surface area (Å²) in [7, 11) is 0. The van der Waals surface area contributed by atoms with Gasteiger partial charge in [0.2, 0.25) is 5.91 Å². The van der Waals surface area contributed by atoms with Crippen LogP contribution in [-0.4, -0.2) is 36.4 Å². The van der Waals surface area contributed by atoms with Crippen molar-refractivity contribution in [2.24, 2.45) is 0 Å². The molecule has 0 bridgehead atoms. The van der Waals surface area contributed by atoms with Gasteiger partial charge in [0, 0.05) is 19.2 Å². The van der Waals surface area contributed by atoms with Crippen LogP contribution in [0.5, 0.6) is 0 Å². The predicted molar refractivity (Wildman–Crippen MR) is 66.3 cm³/mol. The summed E-state index contributed by atoms with van der Waals surface area (Å²) in [5, 5.41) is 0. The minimum Gasteiger partial charge on any atom is -0.353 e. The molecule has 1 aliphatic heterocycles. The molecular weight excluding hydrogens is 218 g/mol. The summed E-state index contributed by atoms with van der Waals surface area (Å²) in [6.45, 7) is 7.11. The fourth-order valence-corrected chi connectivity index (χ4v) is 1.98. The van der Waals surface area contributed by atoms with Crippen molar-refractivity contribution in [1.82, 2.24) is 4.90 Å². The maximum Gasteiger partial charge on any atom is 0.226 e. The number of nitrogens with zero attached hydrogens (tertiary/aromatic N) is 1. The number of carbonyl (C=O) groups excluding carboxylic acids is 1. The molecule has 1 amide bonds. The standard InChI is InChI=1S/C13H23NO3/c1-4-9-14-11(7-8-12(14)15)10-17-13(5-2)16-6-3/h4,9,11,13H,5-8,10H2,1-3H3/b9-4+/t11-,13?/m0/s1. The molecule has 0 spiro atoms. The van der Waals surface area contributed by atoms with Gasteiger partial charge in [0.1, 0.15) is 0 Å². The van der Waals surface area contributed by atoms with Crippen LogP contribution in [0.25, 0.3) is 0 Å². The van der Waals surface area contributed by atoms with E-state index in [1.54, 1.807) is 4.90 Å². The van der Waals surface area contributed by atoms with Crippen LogP contribution >= 0.6 is 0 Å². The van der Waals surface area contributed by atoms with E-state index in [2.05, 4.69) is 0 Å². The summed E-state index contributed by atoms with van der Waals surface area (Å²) >= 11 is 0. The molecule has 0 aromatic carbocycles. The first kappa shape index (κ1) is 14.2. The fourth-order valence-electron chi connectivity index (χ4n) is 1.98. The number of likely N-dealkylation sites (tertiary alicyclic amines) is 1. The third-order valence-corrected chi connectivity index (χ3v) is 2.84. The third-order valence-electron chi connectivity index (χ3n) is 2.84. The van der Waals surface area contributed by atoms with Gasteiger partial charge < -0.3 is 14.4 Å². The van der Waals surface area contributed by atoms with Crippen LogP contribution in [0.4, 0.5) is 0 Å². The molecule has 0 N–H and O–H groups in total. The predicted octanol–water partition coefficient (Wildman–Crippen LogP) is 2.30. The fraction of sp³-hybridized carbons (Fsp3) is 0.769. The Bertz CT molecular complexity index is 265. The van der Waals surface area contributed by atoms with E-state index < -0.39 is 0 Å². The minimum atomic E-state index is -0.150. The van der Waals surface area contributed by atoms with E-state index in [0.29, 0.717) is 19.6 Å². The number of rotatable bonds is 7. The zero-order valence-electron chi connectivity index (χ0n) is 11.0. The molecule has 1 heterocycles. The molecule has 0 saturated carbocycles. The van der Waals surface area contributed by atoms with Gasteiger partial charge >= 0.3 is 0 Å². The second-order valence-electron chi connectivity index (χ2n) is 4.10. The van der Waals surface area contributed by atoms with E-state index in [9.17, 15) is 4.79 Å². The van der Waals surface area contributed by atoms with Gasteiger partial charge in [-0.2, -0.15) is 0 Å². The van der Waals surface area contributed by atoms with Gasteiger partial charge in [0.15, 0.2) is 6.29 Å². The number of allylic oxidation sites excluding steroid dienone is 1. The molecule has 17 heavy (non-hydrogen) atoms. The minimum absolute atomic E-state index is 0.150. The number of carbonyl (C=O) groups is 1. The zero-order chi connectivity index (χ0) is 12.7. The lowest BCUT2D eigenvalue weighted by Gasteiger charge is -2.23. The largest absolute Gasteiger partial charge is 0.353 e. The summed E-state index contributed by atoms with van der Waals surface area (Å²) in [6.07, 6.45) is 5.89. The molecule has 0 aliphatic carbocycles. The van der Waals surface area contributed by atoms with Crippen LogP contribution < -0.4 is 0 Å². The topological polar surface area (TPSA) is 38.8 Å². The average Bonchev–Trinajstić information content (AvgIpc) is 2.67. The van der Waals surface area contributed by atoms with Crippen molar-refractivity contribution >= 4 is 5.91 Å². The number of ether oxygens (including phenoxy) is 2. The Kier molecular flexibility index (Phi) is 6.22. The van der Waals surface area contributed by atoms with Gasteiger partial charge in [-0.05, 0) is 26.7 Å². The molecule has 98 valence electrons. The molecule has 4 heteroatoms. The van der Waals surface area contributed by atoms with Gasteiger partial charge in [-0.1, -0.05) is 13.0 Å². The molecule has 0 aromatic rings. The van der Waals surface area contributed by atoms with Crippen molar-refractivity contribution in [3.05, 3.63) is 12.3 Å². The Balaban J connectivity index is 2.42. The number of hydrogen-bond acceptors (Lipinski definition) is 3. The highest BCUT2D eigenvalue weighted by Gasteiger charge is 2.29. The Morgan fingerprint density at radius 2 is 2.24 bits per heavy atom. The first-order valence-corrected chi connectivity index (χ1v) is 6.40. The molecule has 1 unspecified atom stereocenters. The van der Waals surface area contributed by atoms with Crippen LogP contribution in [0.15, 0.2) is 12.3 Å². The summed E-state index contributed by atoms with van der Waals surface area (Å²) in [5.74, 6) is 0.182. The quantitative estimate of drug-likeness (QED) is 0.642. The van der Waals surface area contributed by atoms with Crippen LogP contribution in [0.2, 0.25) is 0 Å². The van der Waals surface area contributed by atoms with E-state index in [1.807, 2.05) is 33.0 Å². The second kappa shape index (κ2) is 7.45. The summed E-state index contributed by atoms with van der Waals surface area (Å²) in [4.78, 5) is 13.4. The van der Waals surface area contributed by atoms with Crippen molar-refractivity contribution in [1.29, 1.82) is 0 Å². The Morgan fingerprint density at radius 1 is 1.47 bits per heavy atom. The van der Waals surface area contributed by atoms with Gasteiger partial charge in [0.25, 0.3) is 0 Å². The molecule has 1 fully saturated rings. The highest BCUT2D eigenvalue weighted by molar-refractivity contribution is 5.79. The smallest absolute Gasteiger partial charge is 0.226 e. The van der Waals surface area contributed by atoms with E-state index in [1.165, 1.54) is 0 Å². The monoisotopic (exact) mass is 241 g/mol. The molecular formula is C13H23NO3. The second-order valence-corrected chi connectivity index (χ2v) is 4.10. The van der Waals surface area contributed by atoms with Crippen molar-refractivity contribution in [3.63, 3.8) is 0 Å². The lowest BCUT2D eigenvalue weighted by Crippen LogP contribution is -2.33. The lowest BCUT2D eigenvalue weighted by molar-refractivity contribution is -0.150. The Hall–Kier alpha value is -0.870. The van der Waals surface area contributed by atoms with Gasteiger partial charge in [0.05, 0.1) is 12.6 Å². The maximum absolute atomic E-state index is 11.6. The van der Waals surface area contributed by atoms with Crippen LogP contribution in [0.3, 0.4) is 0 Å². The average molecular weight is 241 g/mol. The third kappa shape index (κ3) is 4.13. The van der Waals surface area contributed by atoms with E-state index in [-0.39, 0.29) is 18.2 Å². The summed E-state index contributed by atoms with van der Waals surface area (Å²) in [6, 6.07) is 0.160. The van der Waals surface area contributed by atoms with Crippen molar-refractivity contribution in [2.45, 2.75) is 52.4 Å². The normalized spacial score (nSPS) is 22.6. The van der Waals surface area contributed by atoms with Gasteiger partial charge in [-0.15, -0.1) is 0 Å². The summed E-state index contributed by atoms with van der Waals surface area (Å²) in [5.41, 5.74) is 0. The Morgan fingerprint density at radius 3 is 2.82 bits per heavy atom. The van der Waals surface area contributed by atoms with Gasteiger partial charge in [-0.3, -0.25) is 4.79 Å². The molecule has 4 nitrogen and oxygen atoms in total. The highest BCUT2D eigenvalue weighted by atomic mass is 16.7. The van der Waals surface area contributed by atoms with Crippen molar-refractivity contribution < 1.29 is 14.3 Å². The molecule has 1 rings (SSSR count). The van der Waals surface area contributed by atoms with Crippen molar-refractivity contribution in [3.8, 4) is 0 Å². The van der Waals surface area contributed by atoms with Gasteiger partial charge in [-0.25, -0.2) is 0 Å². The molecule has 2 atom stereocenters. The Labute approximate surface area is 104 Å². The van der Waals surface area contributed by atoms with E-state index in [0.717, 1.165) is 12.8 Å². The van der Waals surface area contributed by atoms with E-state index in [4.69, 9.17) is 9.47 Å². The first-order valence-electron chi connectivity index (χ1n) is 6.40. The van der Waals surface area contributed by atoms with Crippen molar-refractivity contribution in [2.75, 3.05) is 13.2 Å². The van der Waals surface area contributed by atoms with Crippen LogP contribution in [0, 0.1) is 0 Å². The van der Waals surface area contributed by atoms with Crippen LogP contribution in [-0.2, 0) is 14.3 Å². The maximum atomic E-state index is 11.6. The summed E-state index contributed by atoms with van der Waals surface area (Å²) < 4.78 is 11.1. The first-order chi connectivity index (χ1) is 8.22. The number of amides is 1. The molecule has 0 aromatic heterocycles. The number of hydrogen-bond donors (Lipinski definition) is 0. The zero-order valence-corrected chi connectivity index (χ0v) is 11.0. The molecule has 1 aliphatic rings. The molecule has 0 radical (unpaired) electrons. The van der Waals surface area contributed by atoms with Crippen LogP contribution in [0.1, 0.15) is 40.0 Å². The lowest BCUT2D eigenvalue weighted by atomic mass is 10.2.